The highest BCUT2D eigenvalue weighted by atomic mass is 35.5. The molecular weight excluding hydrogens is 246 g/mol. The fourth-order valence-electron chi connectivity index (χ4n) is 1.37. The maximum absolute atomic E-state index is 6.21. The van der Waals surface area contributed by atoms with Crippen LogP contribution in [0.4, 0.5) is 5.82 Å². The SMILES string of the molecule is CC(C)CNc1ncc(CNC(C)(C)C)cc1Cl. The van der Waals surface area contributed by atoms with Crippen LogP contribution >= 0.6 is 11.6 Å². The molecule has 1 aromatic rings. The number of hydrogen-bond donors (Lipinski definition) is 2. The van der Waals surface area contributed by atoms with Gasteiger partial charge in [0.05, 0.1) is 5.02 Å². The molecule has 2 N–H and O–H groups in total. The average molecular weight is 270 g/mol. The molecule has 0 unspecified atom stereocenters. The molecule has 1 aromatic heterocycles. The number of aromatic nitrogens is 1. The van der Waals surface area contributed by atoms with Gasteiger partial charge in [0.2, 0.25) is 0 Å². The van der Waals surface area contributed by atoms with E-state index in [0.717, 1.165) is 24.5 Å². The van der Waals surface area contributed by atoms with Crippen molar-refractivity contribution in [1.29, 1.82) is 0 Å². The summed E-state index contributed by atoms with van der Waals surface area (Å²) in [6.45, 7) is 12.4. The molecule has 0 aliphatic rings. The lowest BCUT2D eigenvalue weighted by molar-refractivity contribution is 0.424. The smallest absolute Gasteiger partial charge is 0.144 e. The van der Waals surface area contributed by atoms with E-state index in [4.69, 9.17) is 11.6 Å². The Kier molecular flexibility index (Phi) is 5.42. The van der Waals surface area contributed by atoms with Gasteiger partial charge in [0.1, 0.15) is 5.82 Å². The standard InChI is InChI=1S/C14H24ClN3/c1-10(2)7-16-13-12(15)6-11(8-17-13)9-18-14(3,4)5/h6,8,10,18H,7,9H2,1-5H3,(H,16,17). The largest absolute Gasteiger partial charge is 0.369 e. The lowest BCUT2D eigenvalue weighted by atomic mass is 10.1. The van der Waals surface area contributed by atoms with Crippen molar-refractivity contribution in [3.8, 4) is 0 Å². The second-order valence-corrected chi connectivity index (χ2v) is 6.46. The molecule has 0 atom stereocenters. The van der Waals surface area contributed by atoms with Crippen molar-refractivity contribution in [2.75, 3.05) is 11.9 Å². The van der Waals surface area contributed by atoms with Crippen LogP contribution in [0.2, 0.25) is 5.02 Å². The minimum absolute atomic E-state index is 0.0983. The first-order valence-corrected chi connectivity index (χ1v) is 6.79. The van der Waals surface area contributed by atoms with E-state index >= 15 is 0 Å². The molecule has 0 bridgehead atoms. The van der Waals surface area contributed by atoms with E-state index in [1.54, 1.807) is 0 Å². The third kappa shape index (κ3) is 5.69. The normalized spacial score (nSPS) is 11.9. The second-order valence-electron chi connectivity index (χ2n) is 6.05. The van der Waals surface area contributed by atoms with Gasteiger partial charge in [0.25, 0.3) is 0 Å². The van der Waals surface area contributed by atoms with Gasteiger partial charge >= 0.3 is 0 Å². The Morgan fingerprint density at radius 3 is 2.50 bits per heavy atom. The number of hydrogen-bond acceptors (Lipinski definition) is 3. The summed E-state index contributed by atoms with van der Waals surface area (Å²) in [7, 11) is 0. The van der Waals surface area contributed by atoms with E-state index in [0.29, 0.717) is 10.9 Å². The molecule has 102 valence electrons. The molecule has 1 rings (SSSR count). The molecule has 3 nitrogen and oxygen atoms in total. The van der Waals surface area contributed by atoms with Crippen LogP contribution in [0.5, 0.6) is 0 Å². The molecule has 0 aliphatic carbocycles. The molecule has 0 aromatic carbocycles. The van der Waals surface area contributed by atoms with Crippen molar-refractivity contribution in [2.24, 2.45) is 5.92 Å². The van der Waals surface area contributed by atoms with E-state index in [1.807, 2.05) is 12.3 Å². The molecule has 1 heterocycles. The molecule has 0 spiro atoms. The summed E-state index contributed by atoms with van der Waals surface area (Å²) >= 11 is 6.21. The molecule has 0 radical (unpaired) electrons. The van der Waals surface area contributed by atoms with Crippen LogP contribution in [0, 0.1) is 5.92 Å². The number of nitrogens with one attached hydrogen (secondary N) is 2. The quantitative estimate of drug-likeness (QED) is 0.856. The number of rotatable bonds is 5. The Labute approximate surface area is 115 Å². The highest BCUT2D eigenvalue weighted by Gasteiger charge is 2.09. The number of pyridine rings is 1. The van der Waals surface area contributed by atoms with Crippen molar-refractivity contribution in [2.45, 2.75) is 46.7 Å². The van der Waals surface area contributed by atoms with Gasteiger partial charge in [-0.3, -0.25) is 0 Å². The average Bonchev–Trinajstić information content (AvgIpc) is 2.24. The Morgan fingerprint density at radius 1 is 1.33 bits per heavy atom. The fourth-order valence-corrected chi connectivity index (χ4v) is 1.63. The van der Waals surface area contributed by atoms with Crippen LogP contribution in [-0.2, 0) is 6.54 Å². The predicted molar refractivity (Wildman–Crippen MR) is 79.2 cm³/mol. The van der Waals surface area contributed by atoms with Crippen LogP contribution in [0.15, 0.2) is 12.3 Å². The molecule has 4 heteroatoms. The monoisotopic (exact) mass is 269 g/mol. The van der Waals surface area contributed by atoms with E-state index in [-0.39, 0.29) is 5.54 Å². The Hall–Kier alpha value is -0.800. The van der Waals surface area contributed by atoms with Gasteiger partial charge in [0.15, 0.2) is 0 Å². The van der Waals surface area contributed by atoms with Gasteiger partial charge in [-0.15, -0.1) is 0 Å². The minimum Gasteiger partial charge on any atom is -0.369 e. The topological polar surface area (TPSA) is 37.0 Å². The summed E-state index contributed by atoms with van der Waals surface area (Å²) < 4.78 is 0. The van der Waals surface area contributed by atoms with Crippen LogP contribution in [0.1, 0.15) is 40.2 Å². The second kappa shape index (κ2) is 6.39. The first-order valence-electron chi connectivity index (χ1n) is 6.41. The molecule has 0 saturated heterocycles. The highest BCUT2D eigenvalue weighted by Crippen LogP contribution is 2.20. The zero-order valence-corrected chi connectivity index (χ0v) is 12.7. The van der Waals surface area contributed by atoms with Crippen LogP contribution in [0.3, 0.4) is 0 Å². The van der Waals surface area contributed by atoms with E-state index in [9.17, 15) is 0 Å². The number of nitrogens with zero attached hydrogens (tertiary/aromatic N) is 1. The molecule has 0 amide bonds. The first kappa shape index (κ1) is 15.3. The Morgan fingerprint density at radius 2 is 2.00 bits per heavy atom. The number of anilines is 1. The van der Waals surface area contributed by atoms with Crippen LogP contribution in [-0.4, -0.2) is 17.1 Å². The summed E-state index contributed by atoms with van der Waals surface area (Å²) in [4.78, 5) is 4.37. The minimum atomic E-state index is 0.0983. The maximum Gasteiger partial charge on any atom is 0.144 e. The lowest BCUT2D eigenvalue weighted by Crippen LogP contribution is -2.35. The molecular formula is C14H24ClN3. The van der Waals surface area contributed by atoms with E-state index in [2.05, 4.69) is 50.2 Å². The van der Waals surface area contributed by atoms with Gasteiger partial charge < -0.3 is 10.6 Å². The van der Waals surface area contributed by atoms with Gasteiger partial charge in [0, 0.05) is 24.8 Å². The van der Waals surface area contributed by atoms with Crippen molar-refractivity contribution in [3.05, 3.63) is 22.8 Å². The molecule has 0 saturated carbocycles. The molecule has 0 fully saturated rings. The summed E-state index contributed by atoms with van der Waals surface area (Å²) in [6.07, 6.45) is 1.87. The third-order valence-corrected chi connectivity index (χ3v) is 2.69. The summed E-state index contributed by atoms with van der Waals surface area (Å²) in [5.74, 6) is 1.34. The zero-order valence-electron chi connectivity index (χ0n) is 12.0. The highest BCUT2D eigenvalue weighted by molar-refractivity contribution is 6.32. The lowest BCUT2D eigenvalue weighted by Gasteiger charge is -2.20. The fraction of sp³-hybridized carbons (Fsp3) is 0.643. The summed E-state index contributed by atoms with van der Waals surface area (Å²) in [5.41, 5.74) is 1.20. The summed E-state index contributed by atoms with van der Waals surface area (Å²) in [6, 6.07) is 1.97. The Bertz CT molecular complexity index is 383. The van der Waals surface area contributed by atoms with Crippen molar-refractivity contribution in [1.82, 2.24) is 10.3 Å². The number of halogens is 1. The van der Waals surface area contributed by atoms with Crippen LogP contribution in [0.25, 0.3) is 0 Å². The third-order valence-electron chi connectivity index (χ3n) is 2.40. The van der Waals surface area contributed by atoms with Crippen molar-refractivity contribution < 1.29 is 0 Å². The summed E-state index contributed by atoms with van der Waals surface area (Å²) in [5, 5.41) is 7.35. The van der Waals surface area contributed by atoms with Crippen molar-refractivity contribution >= 4 is 17.4 Å². The van der Waals surface area contributed by atoms with Crippen molar-refractivity contribution in [3.63, 3.8) is 0 Å². The van der Waals surface area contributed by atoms with Gasteiger partial charge in [-0.05, 0) is 38.3 Å². The molecule has 0 aliphatic heterocycles. The molecule has 18 heavy (non-hydrogen) atoms. The predicted octanol–water partition coefficient (Wildman–Crippen LogP) is 3.69. The first-order chi connectivity index (χ1) is 8.28. The van der Waals surface area contributed by atoms with Gasteiger partial charge in [-0.2, -0.15) is 0 Å². The van der Waals surface area contributed by atoms with Crippen LogP contribution < -0.4 is 10.6 Å². The van der Waals surface area contributed by atoms with Gasteiger partial charge in [-0.1, -0.05) is 25.4 Å². The maximum atomic E-state index is 6.21. The van der Waals surface area contributed by atoms with E-state index in [1.165, 1.54) is 0 Å². The van der Waals surface area contributed by atoms with Gasteiger partial charge in [-0.25, -0.2) is 4.98 Å². The van der Waals surface area contributed by atoms with E-state index < -0.39 is 0 Å². The Balaban J connectivity index is 2.62. The zero-order chi connectivity index (χ0) is 13.8.